The maximum atomic E-state index is 11.6. The summed E-state index contributed by atoms with van der Waals surface area (Å²) in [5, 5.41) is 0. The minimum absolute atomic E-state index is 0.0421. The van der Waals surface area contributed by atoms with Crippen molar-refractivity contribution in [2.45, 2.75) is 77.6 Å². The van der Waals surface area contributed by atoms with E-state index in [-0.39, 0.29) is 5.97 Å². The van der Waals surface area contributed by atoms with E-state index in [2.05, 4.69) is 6.92 Å². The zero-order valence-electron chi connectivity index (χ0n) is 12.7. The zero-order chi connectivity index (χ0) is 13.7. The van der Waals surface area contributed by atoms with Gasteiger partial charge in [0, 0.05) is 6.42 Å². The van der Waals surface area contributed by atoms with Crippen LogP contribution in [0.2, 0.25) is 0 Å². The number of hydrogen-bond donors (Lipinski definition) is 0. The molecule has 0 amide bonds. The molecule has 0 saturated heterocycles. The Labute approximate surface area is 121 Å². The Balaban J connectivity index is 2.11. The van der Waals surface area contributed by atoms with Gasteiger partial charge in [0.2, 0.25) is 10.5 Å². The average Bonchev–Trinajstić information content (AvgIpc) is 3.13. The monoisotopic (exact) mass is 282 g/mol. The molecule has 2 aliphatic rings. The van der Waals surface area contributed by atoms with Crippen LogP contribution < -0.4 is 0 Å². The van der Waals surface area contributed by atoms with Crippen molar-refractivity contribution in [1.29, 1.82) is 0 Å². The predicted molar refractivity (Wildman–Crippen MR) is 81.9 cm³/mol. The quantitative estimate of drug-likeness (QED) is 0.698. The van der Waals surface area contributed by atoms with Gasteiger partial charge in [0.25, 0.3) is 5.97 Å². The van der Waals surface area contributed by atoms with Gasteiger partial charge in [-0.15, -0.1) is 0 Å². The molecule has 0 heterocycles. The second-order valence-electron chi connectivity index (χ2n) is 6.63. The van der Waals surface area contributed by atoms with Crippen molar-refractivity contribution in [1.82, 2.24) is 0 Å². The van der Waals surface area contributed by atoms with Gasteiger partial charge in [-0.05, 0) is 55.8 Å². The second-order valence-corrected chi connectivity index (χ2v) is 7.03. The number of carbonyl (C=O) groups is 1. The molecule has 0 bridgehead atoms. The maximum Gasteiger partial charge on any atom is 0.291 e. The van der Waals surface area contributed by atoms with Gasteiger partial charge in [-0.25, -0.2) is 0 Å². The first kappa shape index (κ1) is 15.1. The minimum atomic E-state index is 0.0421. The molecule has 0 aromatic carbocycles. The first-order chi connectivity index (χ1) is 9.23. The molecule has 0 atom stereocenters. The summed E-state index contributed by atoms with van der Waals surface area (Å²) in [6.07, 6.45) is 14.2. The molecule has 110 valence electrons. The maximum absolute atomic E-state index is 11.6. The molecule has 0 radical (unpaired) electrons. The average molecular weight is 282 g/mol. The number of carbonyl (C=O) groups excluding carboxylic acids is 1. The first-order valence-electron chi connectivity index (χ1n) is 8.29. The van der Waals surface area contributed by atoms with E-state index in [4.69, 9.17) is 4.43 Å². The molecule has 0 N–H and O–H groups in total. The highest BCUT2D eigenvalue weighted by Gasteiger charge is 2.45. The van der Waals surface area contributed by atoms with E-state index in [1.54, 1.807) is 0 Å². The molecule has 2 saturated carbocycles. The lowest BCUT2D eigenvalue weighted by atomic mass is 9.61. The van der Waals surface area contributed by atoms with E-state index in [0.717, 1.165) is 18.3 Å². The fourth-order valence-corrected chi connectivity index (χ4v) is 5.14. The van der Waals surface area contributed by atoms with Crippen molar-refractivity contribution in [3.05, 3.63) is 0 Å². The van der Waals surface area contributed by atoms with Crippen LogP contribution in [0.25, 0.3) is 0 Å². The van der Waals surface area contributed by atoms with E-state index in [1.165, 1.54) is 57.8 Å². The van der Waals surface area contributed by atoms with Gasteiger partial charge in [0.15, 0.2) is 0 Å². The van der Waals surface area contributed by atoms with Crippen LogP contribution in [-0.2, 0) is 9.22 Å². The van der Waals surface area contributed by atoms with Gasteiger partial charge in [-0.2, -0.15) is 0 Å². The first-order valence-corrected chi connectivity index (χ1v) is 9.11. The van der Waals surface area contributed by atoms with E-state index in [9.17, 15) is 4.79 Å². The highest BCUT2D eigenvalue weighted by molar-refractivity contribution is 6.05. The van der Waals surface area contributed by atoms with Crippen LogP contribution in [0.1, 0.15) is 77.6 Å². The van der Waals surface area contributed by atoms with Gasteiger partial charge in [0.1, 0.15) is 0 Å². The molecular formula is C16H30O2Si. The Morgan fingerprint density at radius 3 is 1.95 bits per heavy atom. The molecule has 2 nitrogen and oxygen atoms in total. The Morgan fingerprint density at radius 1 is 1.11 bits per heavy atom. The third-order valence-electron chi connectivity index (χ3n) is 6.02. The lowest BCUT2D eigenvalue weighted by Gasteiger charge is -2.44. The normalized spacial score (nSPS) is 22.2. The van der Waals surface area contributed by atoms with Crippen LogP contribution in [-0.4, -0.2) is 16.5 Å². The van der Waals surface area contributed by atoms with Crippen LogP contribution in [0.4, 0.5) is 0 Å². The Bertz CT molecular complexity index is 275. The Hall–Kier alpha value is -0.313. The van der Waals surface area contributed by atoms with Crippen LogP contribution in [0.15, 0.2) is 0 Å². The van der Waals surface area contributed by atoms with E-state index < -0.39 is 0 Å². The van der Waals surface area contributed by atoms with Crippen LogP contribution in [0.5, 0.6) is 0 Å². The van der Waals surface area contributed by atoms with Gasteiger partial charge in [0.05, 0.1) is 0 Å². The van der Waals surface area contributed by atoms with Crippen molar-refractivity contribution >= 4 is 16.5 Å². The predicted octanol–water partition coefficient (Wildman–Crippen LogP) is 3.37. The van der Waals surface area contributed by atoms with E-state index in [1.807, 2.05) is 0 Å². The summed E-state index contributed by atoms with van der Waals surface area (Å²) in [6.45, 7) is 2.36. The molecule has 2 fully saturated rings. The highest BCUT2D eigenvalue weighted by atomic mass is 28.2. The standard InChI is InChI=1S/C16H30O2Si/c1-2-16(12-11-15(17)18-19,13-7-3-4-8-13)14-9-5-6-10-14/h13-14H,2-12H2,1,19H3. The van der Waals surface area contributed by atoms with Crippen molar-refractivity contribution in [3.8, 4) is 0 Å². The number of hydrogen-bond acceptors (Lipinski definition) is 2. The van der Waals surface area contributed by atoms with Crippen molar-refractivity contribution in [3.63, 3.8) is 0 Å². The molecule has 0 aromatic heterocycles. The zero-order valence-corrected chi connectivity index (χ0v) is 14.7. The second kappa shape index (κ2) is 6.92. The molecule has 0 spiro atoms. The van der Waals surface area contributed by atoms with Gasteiger partial charge in [-0.1, -0.05) is 32.6 Å². The van der Waals surface area contributed by atoms with E-state index >= 15 is 0 Å². The lowest BCUT2D eigenvalue weighted by Crippen LogP contribution is -2.36. The smallest absolute Gasteiger partial charge is 0.291 e. The molecule has 2 aliphatic carbocycles. The molecule has 0 unspecified atom stereocenters. The topological polar surface area (TPSA) is 26.3 Å². The molecular weight excluding hydrogens is 252 g/mol. The van der Waals surface area contributed by atoms with Crippen molar-refractivity contribution in [2.75, 3.05) is 0 Å². The van der Waals surface area contributed by atoms with Crippen LogP contribution in [0.3, 0.4) is 0 Å². The summed E-state index contributed by atoms with van der Waals surface area (Å²) in [7, 11) is 0.547. The largest absolute Gasteiger partial charge is 0.529 e. The summed E-state index contributed by atoms with van der Waals surface area (Å²) in [5.74, 6) is 1.80. The van der Waals surface area contributed by atoms with Gasteiger partial charge >= 0.3 is 0 Å². The van der Waals surface area contributed by atoms with E-state index in [0.29, 0.717) is 22.3 Å². The Kier molecular flexibility index (Phi) is 5.49. The highest BCUT2D eigenvalue weighted by Crippen LogP contribution is 2.54. The molecule has 19 heavy (non-hydrogen) atoms. The fraction of sp³-hybridized carbons (Fsp3) is 0.938. The van der Waals surface area contributed by atoms with Crippen molar-refractivity contribution < 1.29 is 9.22 Å². The third-order valence-corrected chi connectivity index (χ3v) is 6.47. The van der Waals surface area contributed by atoms with Crippen LogP contribution >= 0.6 is 0 Å². The fourth-order valence-electron chi connectivity index (χ4n) is 4.93. The number of rotatable bonds is 6. The lowest BCUT2D eigenvalue weighted by molar-refractivity contribution is -0.135. The van der Waals surface area contributed by atoms with Gasteiger partial charge < -0.3 is 4.43 Å². The SMILES string of the molecule is CCC(CCC(=O)O[SiH3])(C1CCCC1)C1CCCC1. The molecule has 0 aromatic rings. The third kappa shape index (κ3) is 3.23. The Morgan fingerprint density at radius 2 is 1.58 bits per heavy atom. The molecule has 0 aliphatic heterocycles. The van der Waals surface area contributed by atoms with Gasteiger partial charge in [-0.3, -0.25) is 4.79 Å². The minimum Gasteiger partial charge on any atom is -0.529 e. The summed E-state index contributed by atoms with van der Waals surface area (Å²) in [5.41, 5.74) is 0.447. The summed E-state index contributed by atoms with van der Waals surface area (Å²) in [4.78, 5) is 11.6. The molecule has 2 rings (SSSR count). The summed E-state index contributed by atoms with van der Waals surface area (Å²) in [6, 6.07) is 0. The van der Waals surface area contributed by atoms with Crippen molar-refractivity contribution in [2.24, 2.45) is 17.3 Å². The summed E-state index contributed by atoms with van der Waals surface area (Å²) < 4.78 is 5.02. The summed E-state index contributed by atoms with van der Waals surface area (Å²) >= 11 is 0. The molecule has 3 heteroatoms. The van der Waals surface area contributed by atoms with Crippen LogP contribution in [0, 0.1) is 17.3 Å².